The van der Waals surface area contributed by atoms with E-state index in [4.69, 9.17) is 5.73 Å². The molecule has 0 radical (unpaired) electrons. The third kappa shape index (κ3) is 19.8. The molecule has 150 valence electrons. The number of nitrogens with two attached hydrogens (primary N) is 1. The van der Waals surface area contributed by atoms with Gasteiger partial charge in [-0.05, 0) is 32.1 Å². The van der Waals surface area contributed by atoms with Crippen LogP contribution in [0.2, 0.25) is 0 Å². The van der Waals surface area contributed by atoms with Crippen molar-refractivity contribution in [1.82, 2.24) is 5.32 Å². The van der Waals surface area contributed by atoms with Crippen LogP contribution in [0.1, 0.15) is 103 Å². The van der Waals surface area contributed by atoms with E-state index in [1.807, 2.05) is 0 Å². The molecule has 0 saturated carbocycles. The molecule has 0 rings (SSSR count). The van der Waals surface area contributed by atoms with E-state index >= 15 is 0 Å². The fourth-order valence-electron chi connectivity index (χ4n) is 3.18. The zero-order valence-corrected chi connectivity index (χ0v) is 17.0. The SMILES string of the molecule is CCCCCCCC/C=C\CCCCCCCCC(CO)NCCN. The van der Waals surface area contributed by atoms with Crippen molar-refractivity contribution in [2.75, 3.05) is 19.7 Å². The first kappa shape index (κ1) is 24.6. The largest absolute Gasteiger partial charge is 0.395 e. The monoisotopic (exact) mass is 354 g/mol. The summed E-state index contributed by atoms with van der Waals surface area (Å²) in [7, 11) is 0. The molecule has 1 unspecified atom stereocenters. The summed E-state index contributed by atoms with van der Waals surface area (Å²) in [6.07, 6.45) is 24.6. The van der Waals surface area contributed by atoms with Crippen LogP contribution in [0.15, 0.2) is 12.2 Å². The maximum atomic E-state index is 9.27. The van der Waals surface area contributed by atoms with Crippen LogP contribution in [0, 0.1) is 0 Å². The van der Waals surface area contributed by atoms with Crippen LogP contribution < -0.4 is 11.1 Å². The number of aliphatic hydroxyl groups is 1. The second-order valence-corrected chi connectivity index (χ2v) is 7.35. The van der Waals surface area contributed by atoms with Gasteiger partial charge in [0, 0.05) is 19.1 Å². The highest BCUT2D eigenvalue weighted by Gasteiger charge is 2.04. The Labute approximate surface area is 157 Å². The molecule has 0 heterocycles. The summed E-state index contributed by atoms with van der Waals surface area (Å²) in [6, 6.07) is 0.236. The quantitative estimate of drug-likeness (QED) is 0.205. The average Bonchev–Trinajstić information content (AvgIpc) is 2.63. The first-order chi connectivity index (χ1) is 12.3. The van der Waals surface area contributed by atoms with Crippen LogP contribution in [0.25, 0.3) is 0 Å². The lowest BCUT2D eigenvalue weighted by Crippen LogP contribution is -2.35. The van der Waals surface area contributed by atoms with Gasteiger partial charge in [0.05, 0.1) is 6.61 Å². The molecule has 3 nitrogen and oxygen atoms in total. The molecule has 25 heavy (non-hydrogen) atoms. The van der Waals surface area contributed by atoms with Gasteiger partial charge in [0.15, 0.2) is 0 Å². The molecule has 0 saturated heterocycles. The summed E-state index contributed by atoms with van der Waals surface area (Å²) in [5, 5.41) is 12.6. The number of hydrogen-bond donors (Lipinski definition) is 3. The predicted molar refractivity (Wildman–Crippen MR) is 112 cm³/mol. The minimum atomic E-state index is 0.227. The molecular weight excluding hydrogens is 308 g/mol. The van der Waals surface area contributed by atoms with E-state index in [0.717, 1.165) is 13.0 Å². The van der Waals surface area contributed by atoms with E-state index in [9.17, 15) is 5.11 Å². The molecule has 4 N–H and O–H groups in total. The van der Waals surface area contributed by atoms with Crippen LogP contribution in [-0.2, 0) is 0 Å². The topological polar surface area (TPSA) is 58.3 Å². The van der Waals surface area contributed by atoms with Crippen LogP contribution in [0.3, 0.4) is 0 Å². The van der Waals surface area contributed by atoms with Gasteiger partial charge in [-0.3, -0.25) is 0 Å². The average molecular weight is 355 g/mol. The molecule has 3 heteroatoms. The fourth-order valence-corrected chi connectivity index (χ4v) is 3.18. The second kappa shape index (κ2) is 21.7. The number of hydrogen-bond acceptors (Lipinski definition) is 3. The predicted octanol–water partition coefficient (Wildman–Crippen LogP) is 5.32. The molecule has 0 aromatic rings. The Hall–Kier alpha value is -0.380. The summed E-state index contributed by atoms with van der Waals surface area (Å²) in [6.45, 7) is 3.95. The van der Waals surface area contributed by atoms with Crippen molar-refractivity contribution in [3.05, 3.63) is 12.2 Å². The molecule has 0 aliphatic rings. The van der Waals surface area contributed by atoms with E-state index in [1.54, 1.807) is 0 Å². The molecule has 0 spiro atoms. The number of rotatable bonds is 20. The number of allylic oxidation sites excluding steroid dienone is 2. The number of aliphatic hydroxyl groups excluding tert-OH is 1. The van der Waals surface area contributed by atoms with Gasteiger partial charge in [-0.2, -0.15) is 0 Å². The third-order valence-corrected chi connectivity index (χ3v) is 4.86. The molecule has 0 aromatic heterocycles. The van der Waals surface area contributed by atoms with E-state index in [0.29, 0.717) is 6.54 Å². The summed E-state index contributed by atoms with van der Waals surface area (Å²) in [5.41, 5.74) is 5.47. The van der Waals surface area contributed by atoms with Crippen molar-refractivity contribution in [3.8, 4) is 0 Å². The summed E-state index contributed by atoms with van der Waals surface area (Å²) >= 11 is 0. The molecule has 0 aliphatic carbocycles. The Morgan fingerprint density at radius 1 is 0.800 bits per heavy atom. The zero-order chi connectivity index (χ0) is 18.4. The molecule has 0 bridgehead atoms. The van der Waals surface area contributed by atoms with Gasteiger partial charge in [-0.25, -0.2) is 0 Å². The van der Waals surface area contributed by atoms with Crippen molar-refractivity contribution in [2.24, 2.45) is 5.73 Å². The van der Waals surface area contributed by atoms with Crippen molar-refractivity contribution < 1.29 is 5.11 Å². The maximum Gasteiger partial charge on any atom is 0.0584 e. The van der Waals surface area contributed by atoms with Crippen LogP contribution in [0.4, 0.5) is 0 Å². The Balaban J connectivity index is 3.21. The highest BCUT2D eigenvalue weighted by molar-refractivity contribution is 4.81. The molecule has 0 aromatic carbocycles. The van der Waals surface area contributed by atoms with Crippen molar-refractivity contribution in [3.63, 3.8) is 0 Å². The van der Waals surface area contributed by atoms with E-state index in [-0.39, 0.29) is 12.6 Å². The maximum absolute atomic E-state index is 9.27. The van der Waals surface area contributed by atoms with E-state index in [2.05, 4.69) is 24.4 Å². The van der Waals surface area contributed by atoms with Crippen molar-refractivity contribution >= 4 is 0 Å². The minimum absolute atomic E-state index is 0.227. The highest BCUT2D eigenvalue weighted by Crippen LogP contribution is 2.11. The molecule has 0 fully saturated rings. The second-order valence-electron chi connectivity index (χ2n) is 7.35. The Morgan fingerprint density at radius 2 is 1.32 bits per heavy atom. The van der Waals surface area contributed by atoms with E-state index < -0.39 is 0 Å². The first-order valence-electron chi connectivity index (χ1n) is 11.0. The van der Waals surface area contributed by atoms with E-state index in [1.165, 1.54) is 89.9 Å². The minimum Gasteiger partial charge on any atom is -0.395 e. The molecule has 0 amide bonds. The van der Waals surface area contributed by atoms with Crippen LogP contribution in [0.5, 0.6) is 0 Å². The van der Waals surface area contributed by atoms with Crippen molar-refractivity contribution in [2.45, 2.75) is 109 Å². The Kier molecular flexibility index (Phi) is 21.3. The molecular formula is C22H46N2O. The zero-order valence-electron chi connectivity index (χ0n) is 17.0. The van der Waals surface area contributed by atoms with Crippen molar-refractivity contribution in [1.29, 1.82) is 0 Å². The fraction of sp³-hybridized carbons (Fsp3) is 0.909. The molecule has 1 atom stereocenters. The molecule has 0 aliphatic heterocycles. The van der Waals surface area contributed by atoms with Gasteiger partial charge >= 0.3 is 0 Å². The summed E-state index contributed by atoms with van der Waals surface area (Å²) < 4.78 is 0. The van der Waals surface area contributed by atoms with Gasteiger partial charge < -0.3 is 16.2 Å². The lowest BCUT2D eigenvalue weighted by Gasteiger charge is -2.15. The lowest BCUT2D eigenvalue weighted by atomic mass is 10.0. The lowest BCUT2D eigenvalue weighted by molar-refractivity contribution is 0.234. The normalized spacial score (nSPS) is 12.9. The Morgan fingerprint density at radius 3 is 1.84 bits per heavy atom. The first-order valence-corrected chi connectivity index (χ1v) is 11.0. The van der Waals surface area contributed by atoms with Crippen LogP contribution in [-0.4, -0.2) is 30.8 Å². The highest BCUT2D eigenvalue weighted by atomic mass is 16.3. The van der Waals surface area contributed by atoms with Crippen LogP contribution >= 0.6 is 0 Å². The number of nitrogens with one attached hydrogen (secondary N) is 1. The van der Waals surface area contributed by atoms with Gasteiger partial charge in [-0.1, -0.05) is 83.3 Å². The Bertz CT molecular complexity index is 269. The van der Waals surface area contributed by atoms with Gasteiger partial charge in [-0.15, -0.1) is 0 Å². The van der Waals surface area contributed by atoms with Gasteiger partial charge in [0.25, 0.3) is 0 Å². The standard InChI is InChI=1S/C22H46N2O/c1-2-3-4-5-6-7-8-9-10-11-12-13-14-15-16-17-18-22(21-25)24-20-19-23/h9-10,22,24-25H,2-8,11-21,23H2,1H3/b10-9-. The summed E-state index contributed by atoms with van der Waals surface area (Å²) in [5.74, 6) is 0. The number of unbranched alkanes of at least 4 members (excludes halogenated alkanes) is 12. The summed E-state index contributed by atoms with van der Waals surface area (Å²) in [4.78, 5) is 0. The third-order valence-electron chi connectivity index (χ3n) is 4.86. The van der Waals surface area contributed by atoms with Gasteiger partial charge in [0.1, 0.15) is 0 Å². The smallest absolute Gasteiger partial charge is 0.0584 e. The van der Waals surface area contributed by atoms with Gasteiger partial charge in [0.2, 0.25) is 0 Å².